The average molecular weight is 504 g/mol. The number of Topliss-reactive ketones (excluding diaryl/α,β-unsaturated/α-hetero) is 2. The first-order valence-electron chi connectivity index (χ1n) is 11.9. The van der Waals surface area contributed by atoms with Crippen LogP contribution in [-0.2, 0) is 6.42 Å². The third kappa shape index (κ3) is 5.32. The number of thiophene rings is 1. The van der Waals surface area contributed by atoms with Crippen LogP contribution >= 0.6 is 11.3 Å². The Balaban J connectivity index is 1.52. The summed E-state index contributed by atoms with van der Waals surface area (Å²) in [6.45, 7) is 4.18. The molecule has 0 saturated carbocycles. The Morgan fingerprint density at radius 3 is 2.58 bits per heavy atom. The minimum atomic E-state index is -0.169. The maximum Gasteiger partial charge on any atom is 0.181 e. The third-order valence-electron chi connectivity index (χ3n) is 6.11. The number of benzene rings is 2. The first kappa shape index (κ1) is 25.5. The Kier molecular flexibility index (Phi) is 8.13. The van der Waals surface area contributed by atoms with Crippen molar-refractivity contribution in [1.29, 1.82) is 0 Å². The highest BCUT2D eigenvalue weighted by atomic mass is 32.1. The lowest BCUT2D eigenvalue weighted by Gasteiger charge is -2.11. The number of hydrogen-bond donors (Lipinski definition) is 1. The Morgan fingerprint density at radius 2 is 1.83 bits per heavy atom. The fraction of sp³-hybridized carbons (Fsp3) is 0.276. The molecule has 186 valence electrons. The standard InChI is InChI=1S/C29H29NO5S/c1-4-19-8-10-23(30-28(19)22-17-36-29-18(2)6-5-7-21(22)29)25(33)12-11-24(32)20-9-13-26(35-15-14-31)27(16-20)34-3/h5-10,13,16-17,31H,4,11-12,14-15H2,1-3H3. The third-order valence-corrected chi connectivity index (χ3v) is 7.24. The van der Waals surface area contributed by atoms with Gasteiger partial charge in [0.05, 0.1) is 19.4 Å². The molecule has 0 aliphatic heterocycles. The smallest absolute Gasteiger partial charge is 0.181 e. The number of hydrogen-bond acceptors (Lipinski definition) is 7. The first-order valence-corrected chi connectivity index (χ1v) is 12.8. The van der Waals surface area contributed by atoms with Crippen molar-refractivity contribution in [1.82, 2.24) is 4.98 Å². The largest absolute Gasteiger partial charge is 0.493 e. The van der Waals surface area contributed by atoms with Crippen LogP contribution in [0.2, 0.25) is 0 Å². The summed E-state index contributed by atoms with van der Waals surface area (Å²) in [7, 11) is 1.49. The van der Waals surface area contributed by atoms with E-state index in [9.17, 15) is 9.59 Å². The molecule has 4 aromatic rings. The van der Waals surface area contributed by atoms with Gasteiger partial charge in [0.25, 0.3) is 0 Å². The van der Waals surface area contributed by atoms with E-state index in [-0.39, 0.29) is 37.6 Å². The molecule has 6 nitrogen and oxygen atoms in total. The summed E-state index contributed by atoms with van der Waals surface area (Å²) in [5, 5.41) is 12.2. The highest BCUT2D eigenvalue weighted by Crippen LogP contribution is 2.36. The van der Waals surface area contributed by atoms with Gasteiger partial charge in [-0.2, -0.15) is 0 Å². The van der Waals surface area contributed by atoms with Gasteiger partial charge in [-0.15, -0.1) is 11.3 Å². The molecule has 0 aliphatic rings. The first-order chi connectivity index (χ1) is 17.5. The van der Waals surface area contributed by atoms with Gasteiger partial charge in [0.15, 0.2) is 23.1 Å². The van der Waals surface area contributed by atoms with Crippen molar-refractivity contribution in [2.45, 2.75) is 33.1 Å². The van der Waals surface area contributed by atoms with E-state index in [2.05, 4.69) is 31.4 Å². The topological polar surface area (TPSA) is 85.7 Å². The van der Waals surface area contributed by atoms with E-state index in [0.29, 0.717) is 22.8 Å². The molecule has 7 heteroatoms. The van der Waals surface area contributed by atoms with E-state index in [1.54, 1.807) is 35.6 Å². The zero-order chi connectivity index (χ0) is 25.7. The van der Waals surface area contributed by atoms with Gasteiger partial charge in [-0.05, 0) is 48.7 Å². The molecule has 4 rings (SSSR count). The van der Waals surface area contributed by atoms with Gasteiger partial charge in [0.2, 0.25) is 0 Å². The monoisotopic (exact) mass is 503 g/mol. The molecule has 0 fully saturated rings. The predicted octanol–water partition coefficient (Wildman–Crippen LogP) is 6.06. The Hall–Kier alpha value is -3.55. The van der Waals surface area contributed by atoms with Crippen LogP contribution < -0.4 is 9.47 Å². The zero-order valence-electron chi connectivity index (χ0n) is 20.7. The van der Waals surface area contributed by atoms with E-state index in [1.165, 1.54) is 17.4 Å². The van der Waals surface area contributed by atoms with Crippen molar-refractivity contribution in [3.05, 3.63) is 76.3 Å². The number of aryl methyl sites for hydroxylation is 2. The van der Waals surface area contributed by atoms with Gasteiger partial charge >= 0.3 is 0 Å². The van der Waals surface area contributed by atoms with Crippen molar-refractivity contribution in [2.75, 3.05) is 20.3 Å². The molecule has 1 N–H and O–H groups in total. The van der Waals surface area contributed by atoms with Crippen molar-refractivity contribution in [3.63, 3.8) is 0 Å². The van der Waals surface area contributed by atoms with Crippen molar-refractivity contribution < 1.29 is 24.2 Å². The fourth-order valence-corrected chi connectivity index (χ4v) is 5.20. The number of aliphatic hydroxyl groups is 1. The molecule has 2 heterocycles. The molecular weight excluding hydrogens is 474 g/mol. The summed E-state index contributed by atoms with van der Waals surface area (Å²) in [6, 6.07) is 14.8. The number of nitrogens with zero attached hydrogens (tertiary/aromatic N) is 1. The Morgan fingerprint density at radius 1 is 1.03 bits per heavy atom. The number of rotatable bonds is 11. The van der Waals surface area contributed by atoms with Gasteiger partial charge in [-0.25, -0.2) is 4.98 Å². The SMILES string of the molecule is CCc1ccc(C(=O)CCC(=O)c2ccc(OCCO)c(OC)c2)nc1-c1csc2c(C)cccc12. The summed E-state index contributed by atoms with van der Waals surface area (Å²) in [5.74, 6) is 0.515. The summed E-state index contributed by atoms with van der Waals surface area (Å²) < 4.78 is 11.9. The Labute approximate surface area is 214 Å². The normalized spacial score (nSPS) is 11.0. The number of ether oxygens (including phenoxy) is 2. The maximum atomic E-state index is 13.0. The van der Waals surface area contributed by atoms with Crippen LogP contribution in [0.4, 0.5) is 0 Å². The minimum Gasteiger partial charge on any atom is -0.493 e. The van der Waals surface area contributed by atoms with Gasteiger partial charge in [-0.3, -0.25) is 9.59 Å². The number of pyridine rings is 1. The van der Waals surface area contributed by atoms with Crippen LogP contribution in [0.25, 0.3) is 21.3 Å². The highest BCUT2D eigenvalue weighted by Gasteiger charge is 2.18. The summed E-state index contributed by atoms with van der Waals surface area (Å²) >= 11 is 1.69. The second-order valence-electron chi connectivity index (χ2n) is 8.44. The van der Waals surface area contributed by atoms with Crippen LogP contribution in [-0.4, -0.2) is 42.0 Å². The molecular formula is C29H29NO5S. The predicted molar refractivity (Wildman–Crippen MR) is 143 cm³/mol. The van der Waals surface area contributed by atoms with Gasteiger partial charge < -0.3 is 14.6 Å². The molecule has 0 amide bonds. The van der Waals surface area contributed by atoms with E-state index in [1.807, 2.05) is 12.1 Å². The summed E-state index contributed by atoms with van der Waals surface area (Å²) in [5.41, 5.74) is 4.97. The molecule has 0 spiro atoms. The van der Waals surface area contributed by atoms with E-state index in [4.69, 9.17) is 19.6 Å². The summed E-state index contributed by atoms with van der Waals surface area (Å²) in [6.07, 6.45) is 0.926. The number of carbonyl (C=O) groups excluding carboxylic acids is 2. The second kappa shape index (κ2) is 11.5. The minimum absolute atomic E-state index is 0.0608. The van der Waals surface area contributed by atoms with Crippen molar-refractivity contribution in [2.24, 2.45) is 0 Å². The molecule has 0 radical (unpaired) electrons. The fourth-order valence-electron chi connectivity index (χ4n) is 4.16. The van der Waals surface area contributed by atoms with Crippen molar-refractivity contribution in [3.8, 4) is 22.8 Å². The van der Waals surface area contributed by atoms with Crippen LogP contribution in [0.3, 0.4) is 0 Å². The number of methoxy groups -OCH3 is 1. The summed E-state index contributed by atoms with van der Waals surface area (Å²) in [4.78, 5) is 30.6. The molecule has 0 atom stereocenters. The number of ketones is 2. The van der Waals surface area contributed by atoms with Gasteiger partial charge in [-0.1, -0.05) is 31.2 Å². The Bertz CT molecular complexity index is 1410. The molecule has 2 aromatic heterocycles. The maximum absolute atomic E-state index is 13.0. The lowest BCUT2D eigenvalue weighted by atomic mass is 9.99. The van der Waals surface area contributed by atoms with Gasteiger partial charge in [0.1, 0.15) is 12.3 Å². The van der Waals surface area contributed by atoms with Crippen LogP contribution in [0.15, 0.2) is 53.9 Å². The van der Waals surface area contributed by atoms with Gasteiger partial charge in [0, 0.05) is 39.4 Å². The number of carbonyl (C=O) groups is 2. The molecule has 36 heavy (non-hydrogen) atoms. The quantitative estimate of drug-likeness (QED) is 0.250. The molecule has 0 aliphatic carbocycles. The van der Waals surface area contributed by atoms with Crippen LogP contribution in [0.5, 0.6) is 11.5 Å². The lowest BCUT2D eigenvalue weighted by Crippen LogP contribution is -2.09. The van der Waals surface area contributed by atoms with Crippen LogP contribution in [0, 0.1) is 6.92 Å². The molecule has 0 bridgehead atoms. The van der Waals surface area contributed by atoms with E-state index >= 15 is 0 Å². The zero-order valence-corrected chi connectivity index (χ0v) is 21.5. The van der Waals surface area contributed by atoms with E-state index < -0.39 is 0 Å². The molecule has 0 saturated heterocycles. The number of aromatic nitrogens is 1. The second-order valence-corrected chi connectivity index (χ2v) is 9.32. The lowest BCUT2D eigenvalue weighted by molar-refractivity contribution is 0.0915. The molecule has 2 aromatic carbocycles. The highest BCUT2D eigenvalue weighted by molar-refractivity contribution is 7.18. The van der Waals surface area contributed by atoms with E-state index in [0.717, 1.165) is 28.6 Å². The number of fused-ring (bicyclic) bond motifs is 1. The number of aliphatic hydroxyl groups excluding tert-OH is 1. The molecule has 0 unspecified atom stereocenters. The van der Waals surface area contributed by atoms with Crippen LogP contribution in [0.1, 0.15) is 51.7 Å². The average Bonchev–Trinajstić information content (AvgIpc) is 3.35. The van der Waals surface area contributed by atoms with Crippen molar-refractivity contribution >= 4 is 33.0 Å².